The highest BCUT2D eigenvalue weighted by atomic mass is 35.5. The van der Waals surface area contributed by atoms with E-state index < -0.39 is 10.7 Å². The quantitative estimate of drug-likeness (QED) is 0.363. The molecule has 0 amide bonds. The van der Waals surface area contributed by atoms with E-state index in [0.717, 1.165) is 6.07 Å². The van der Waals surface area contributed by atoms with E-state index in [4.69, 9.17) is 27.9 Å². The second-order valence-corrected chi connectivity index (χ2v) is 3.49. The minimum Gasteiger partial charge on any atom is -0.496 e. The maximum Gasteiger partial charge on any atom is 0.288 e. The van der Waals surface area contributed by atoms with Gasteiger partial charge in [0.2, 0.25) is 0 Å². The predicted octanol–water partition coefficient (Wildman–Crippen LogP) is 2.68. The number of hydrogen-bond donors (Lipinski definition) is 0. The first-order chi connectivity index (χ1) is 7.51. The van der Waals surface area contributed by atoms with Crippen LogP contribution in [-0.2, 0) is 0 Å². The number of ketones is 1. The smallest absolute Gasteiger partial charge is 0.288 e. The number of alkyl halides is 1. The van der Waals surface area contributed by atoms with Gasteiger partial charge in [-0.05, 0) is 0 Å². The zero-order chi connectivity index (χ0) is 12.3. The Morgan fingerprint density at radius 2 is 2.19 bits per heavy atom. The fraction of sp³-hybridized carbons (Fsp3) is 0.222. The summed E-state index contributed by atoms with van der Waals surface area (Å²) >= 11 is 11.0. The molecule has 1 aromatic carbocycles. The van der Waals surface area contributed by atoms with Gasteiger partial charge in [0.05, 0.1) is 23.5 Å². The minimum atomic E-state index is -0.674. The van der Waals surface area contributed by atoms with Gasteiger partial charge < -0.3 is 4.74 Å². The molecule has 0 radical (unpaired) electrons. The topological polar surface area (TPSA) is 69.4 Å². The standard InChI is InChI=1S/C9H7Cl2NO4/c1-16-9-3-6(11)7(12(14)15)2-5(9)8(13)4-10/h2-3H,4H2,1H3. The third kappa shape index (κ3) is 2.43. The Kier molecular flexibility index (Phi) is 4.09. The lowest BCUT2D eigenvalue weighted by Crippen LogP contribution is -2.05. The summed E-state index contributed by atoms with van der Waals surface area (Å²) in [4.78, 5) is 21.3. The molecule has 0 bridgehead atoms. The Morgan fingerprint density at radius 3 is 2.62 bits per heavy atom. The Balaban J connectivity index is 3.40. The molecule has 0 saturated carbocycles. The number of nitro groups is 1. The summed E-state index contributed by atoms with van der Waals surface area (Å²) < 4.78 is 4.90. The van der Waals surface area contributed by atoms with E-state index in [9.17, 15) is 14.9 Å². The van der Waals surface area contributed by atoms with Crippen molar-refractivity contribution in [3.05, 3.63) is 32.8 Å². The zero-order valence-electron chi connectivity index (χ0n) is 8.20. The molecule has 1 aromatic rings. The molecule has 0 atom stereocenters. The van der Waals surface area contributed by atoms with E-state index in [1.807, 2.05) is 0 Å². The highest BCUT2D eigenvalue weighted by molar-refractivity contribution is 6.34. The fourth-order valence-corrected chi connectivity index (χ4v) is 1.51. The first kappa shape index (κ1) is 12.7. The molecular formula is C9H7Cl2NO4. The number of carbonyl (C=O) groups excluding carboxylic acids is 1. The van der Waals surface area contributed by atoms with E-state index in [2.05, 4.69) is 0 Å². The number of halogens is 2. The van der Waals surface area contributed by atoms with Crippen molar-refractivity contribution in [2.45, 2.75) is 0 Å². The summed E-state index contributed by atoms with van der Waals surface area (Å²) in [7, 11) is 1.34. The number of carbonyl (C=O) groups is 1. The highest BCUT2D eigenvalue weighted by Gasteiger charge is 2.20. The van der Waals surface area contributed by atoms with Crippen molar-refractivity contribution in [3.63, 3.8) is 0 Å². The van der Waals surface area contributed by atoms with Crippen molar-refractivity contribution in [1.29, 1.82) is 0 Å². The number of benzene rings is 1. The SMILES string of the molecule is COc1cc(Cl)c([N+](=O)[O-])cc1C(=O)CCl. The van der Waals surface area contributed by atoms with Crippen LogP contribution in [0.5, 0.6) is 5.75 Å². The number of Topliss-reactive ketones (excluding diaryl/α,β-unsaturated/α-hetero) is 1. The van der Waals surface area contributed by atoms with Gasteiger partial charge in [-0.2, -0.15) is 0 Å². The van der Waals surface area contributed by atoms with Crippen molar-refractivity contribution in [3.8, 4) is 5.75 Å². The number of ether oxygens (including phenoxy) is 1. The van der Waals surface area contributed by atoms with Gasteiger partial charge in [0.1, 0.15) is 10.8 Å². The molecule has 0 aliphatic rings. The van der Waals surface area contributed by atoms with E-state index in [-0.39, 0.29) is 27.9 Å². The summed E-state index contributed by atoms with van der Waals surface area (Å²) in [5, 5.41) is 10.5. The fourth-order valence-electron chi connectivity index (χ4n) is 1.14. The van der Waals surface area contributed by atoms with Gasteiger partial charge in [-0.1, -0.05) is 11.6 Å². The first-order valence-electron chi connectivity index (χ1n) is 4.12. The Hall–Kier alpha value is -1.33. The van der Waals surface area contributed by atoms with Crippen LogP contribution in [0.25, 0.3) is 0 Å². The minimum absolute atomic E-state index is 0.0496. The van der Waals surface area contributed by atoms with Gasteiger partial charge in [0, 0.05) is 12.1 Å². The number of nitrogens with zero attached hydrogens (tertiary/aromatic N) is 1. The summed E-state index contributed by atoms with van der Waals surface area (Å²) in [6.45, 7) is 0. The average Bonchev–Trinajstić information content (AvgIpc) is 2.27. The maximum absolute atomic E-state index is 11.4. The van der Waals surface area contributed by atoms with Crippen molar-refractivity contribution < 1.29 is 14.5 Å². The maximum atomic E-state index is 11.4. The summed E-state index contributed by atoms with van der Waals surface area (Å²) in [6.07, 6.45) is 0. The van der Waals surface area contributed by atoms with Gasteiger partial charge in [0.15, 0.2) is 5.78 Å². The molecule has 0 spiro atoms. The molecule has 86 valence electrons. The highest BCUT2D eigenvalue weighted by Crippen LogP contribution is 2.32. The van der Waals surface area contributed by atoms with Crippen molar-refractivity contribution in [1.82, 2.24) is 0 Å². The zero-order valence-corrected chi connectivity index (χ0v) is 9.71. The normalized spacial score (nSPS) is 9.94. The molecule has 0 aliphatic heterocycles. The van der Waals surface area contributed by atoms with E-state index in [1.165, 1.54) is 13.2 Å². The van der Waals surface area contributed by atoms with Crippen LogP contribution < -0.4 is 4.74 Å². The van der Waals surface area contributed by atoms with E-state index in [1.54, 1.807) is 0 Å². The molecule has 7 heteroatoms. The van der Waals surface area contributed by atoms with Crippen LogP contribution in [-0.4, -0.2) is 23.7 Å². The van der Waals surface area contributed by atoms with Crippen LogP contribution in [0.2, 0.25) is 5.02 Å². The van der Waals surface area contributed by atoms with Gasteiger partial charge >= 0.3 is 0 Å². The second-order valence-electron chi connectivity index (χ2n) is 2.82. The van der Waals surface area contributed by atoms with Crippen LogP contribution in [0.3, 0.4) is 0 Å². The molecular weight excluding hydrogens is 257 g/mol. The molecule has 0 saturated heterocycles. The van der Waals surface area contributed by atoms with Crippen LogP contribution >= 0.6 is 23.2 Å². The Morgan fingerprint density at radius 1 is 1.56 bits per heavy atom. The summed E-state index contributed by atoms with van der Waals surface area (Å²) in [5.41, 5.74) is -0.301. The monoisotopic (exact) mass is 263 g/mol. The van der Waals surface area contributed by atoms with Crippen LogP contribution in [0.1, 0.15) is 10.4 Å². The molecule has 5 nitrogen and oxygen atoms in total. The molecule has 0 aromatic heterocycles. The van der Waals surface area contributed by atoms with Crippen LogP contribution in [0.4, 0.5) is 5.69 Å². The van der Waals surface area contributed by atoms with Gasteiger partial charge in [0.25, 0.3) is 5.69 Å². The Bertz CT molecular complexity index is 447. The lowest BCUT2D eigenvalue weighted by Gasteiger charge is -2.06. The molecule has 1 rings (SSSR count). The summed E-state index contributed by atoms with van der Waals surface area (Å²) in [6, 6.07) is 2.28. The predicted molar refractivity (Wildman–Crippen MR) is 59.7 cm³/mol. The van der Waals surface area contributed by atoms with Crippen molar-refractivity contribution in [2.75, 3.05) is 13.0 Å². The number of rotatable bonds is 4. The number of nitro benzene ring substituents is 1. The number of methoxy groups -OCH3 is 1. The first-order valence-corrected chi connectivity index (χ1v) is 5.03. The molecule has 0 heterocycles. The average molecular weight is 264 g/mol. The molecule has 0 unspecified atom stereocenters. The van der Waals surface area contributed by atoms with Crippen molar-refractivity contribution >= 4 is 34.7 Å². The number of hydrogen-bond acceptors (Lipinski definition) is 4. The lowest BCUT2D eigenvalue weighted by molar-refractivity contribution is -0.384. The second kappa shape index (κ2) is 5.14. The third-order valence-corrected chi connectivity index (χ3v) is 2.43. The molecule has 0 N–H and O–H groups in total. The molecule has 0 aliphatic carbocycles. The van der Waals surface area contributed by atoms with Crippen LogP contribution in [0.15, 0.2) is 12.1 Å². The molecule has 0 fully saturated rings. The van der Waals surface area contributed by atoms with Gasteiger partial charge in [-0.3, -0.25) is 14.9 Å². The Labute approximate surface area is 101 Å². The summed E-state index contributed by atoms with van der Waals surface area (Å²) in [5.74, 6) is -0.575. The van der Waals surface area contributed by atoms with Crippen molar-refractivity contribution in [2.24, 2.45) is 0 Å². The van der Waals surface area contributed by atoms with E-state index >= 15 is 0 Å². The van der Waals surface area contributed by atoms with Crippen LogP contribution in [0, 0.1) is 10.1 Å². The molecule has 16 heavy (non-hydrogen) atoms. The lowest BCUT2D eigenvalue weighted by atomic mass is 10.1. The third-order valence-electron chi connectivity index (χ3n) is 1.89. The van der Waals surface area contributed by atoms with Gasteiger partial charge in [-0.15, -0.1) is 11.6 Å². The van der Waals surface area contributed by atoms with Gasteiger partial charge in [-0.25, -0.2) is 0 Å². The van der Waals surface area contributed by atoms with E-state index in [0.29, 0.717) is 0 Å². The largest absolute Gasteiger partial charge is 0.496 e.